The largest absolute Gasteiger partial charge is 0.416 e. The zero-order valence-electron chi connectivity index (χ0n) is 10.8. The SMILES string of the molecule is OC(COCCCC(F)(F)F)c1cccc(C(F)(F)F)c1. The van der Waals surface area contributed by atoms with Gasteiger partial charge in [-0.2, -0.15) is 26.3 Å². The monoisotopic (exact) mass is 316 g/mol. The molecule has 0 heterocycles. The minimum Gasteiger partial charge on any atom is -0.386 e. The van der Waals surface area contributed by atoms with E-state index < -0.39 is 30.4 Å². The highest BCUT2D eigenvalue weighted by molar-refractivity contribution is 5.27. The van der Waals surface area contributed by atoms with Crippen molar-refractivity contribution in [3.63, 3.8) is 0 Å². The van der Waals surface area contributed by atoms with Crippen molar-refractivity contribution < 1.29 is 36.2 Å². The maximum Gasteiger partial charge on any atom is 0.416 e. The fourth-order valence-electron chi connectivity index (χ4n) is 1.59. The summed E-state index contributed by atoms with van der Waals surface area (Å²) in [6, 6.07) is 4.08. The van der Waals surface area contributed by atoms with Gasteiger partial charge in [0.25, 0.3) is 0 Å². The van der Waals surface area contributed by atoms with E-state index in [1.165, 1.54) is 6.07 Å². The van der Waals surface area contributed by atoms with Crippen molar-refractivity contribution in [2.24, 2.45) is 0 Å². The number of aliphatic hydroxyl groups is 1. The number of benzene rings is 1. The highest BCUT2D eigenvalue weighted by Gasteiger charge is 2.31. The van der Waals surface area contributed by atoms with Gasteiger partial charge in [0.15, 0.2) is 0 Å². The van der Waals surface area contributed by atoms with Crippen LogP contribution in [0.4, 0.5) is 26.3 Å². The summed E-state index contributed by atoms with van der Waals surface area (Å²) in [5, 5.41) is 9.66. The molecular weight excluding hydrogens is 302 g/mol. The minimum absolute atomic E-state index is 0.000599. The Kier molecular flexibility index (Phi) is 6.03. The second kappa shape index (κ2) is 7.13. The molecule has 8 heteroatoms. The van der Waals surface area contributed by atoms with Crippen LogP contribution in [-0.4, -0.2) is 24.5 Å². The molecule has 0 bridgehead atoms. The number of hydrogen-bond donors (Lipinski definition) is 1. The second-order valence-corrected chi connectivity index (χ2v) is 4.43. The van der Waals surface area contributed by atoms with E-state index in [1.54, 1.807) is 0 Å². The van der Waals surface area contributed by atoms with Crippen LogP contribution in [-0.2, 0) is 10.9 Å². The summed E-state index contributed by atoms with van der Waals surface area (Å²) in [4.78, 5) is 0. The van der Waals surface area contributed by atoms with Gasteiger partial charge in [0.2, 0.25) is 0 Å². The van der Waals surface area contributed by atoms with Crippen LogP contribution in [0.2, 0.25) is 0 Å². The van der Waals surface area contributed by atoms with E-state index in [0.29, 0.717) is 0 Å². The Morgan fingerprint density at radius 1 is 1.10 bits per heavy atom. The third-order valence-electron chi connectivity index (χ3n) is 2.62. The normalized spacial score (nSPS) is 14.2. The van der Waals surface area contributed by atoms with Crippen LogP contribution in [0, 0.1) is 0 Å². The van der Waals surface area contributed by atoms with Gasteiger partial charge < -0.3 is 9.84 Å². The van der Waals surface area contributed by atoms with Crippen LogP contribution in [0.5, 0.6) is 0 Å². The second-order valence-electron chi connectivity index (χ2n) is 4.43. The average molecular weight is 316 g/mol. The van der Waals surface area contributed by atoms with Gasteiger partial charge >= 0.3 is 12.4 Å². The van der Waals surface area contributed by atoms with Crippen LogP contribution in [0.25, 0.3) is 0 Å². The molecule has 1 N–H and O–H groups in total. The molecule has 0 amide bonds. The van der Waals surface area contributed by atoms with Crippen molar-refractivity contribution in [2.75, 3.05) is 13.2 Å². The molecule has 0 aliphatic carbocycles. The van der Waals surface area contributed by atoms with E-state index in [1.807, 2.05) is 0 Å². The van der Waals surface area contributed by atoms with Crippen LogP contribution in [0.15, 0.2) is 24.3 Å². The van der Waals surface area contributed by atoms with E-state index in [0.717, 1.165) is 18.2 Å². The molecule has 0 radical (unpaired) electrons. The number of rotatable bonds is 6. The van der Waals surface area contributed by atoms with Crippen molar-refractivity contribution in [3.8, 4) is 0 Å². The fraction of sp³-hybridized carbons (Fsp3) is 0.538. The Labute approximate surface area is 117 Å². The molecule has 21 heavy (non-hydrogen) atoms. The maximum absolute atomic E-state index is 12.5. The third kappa shape index (κ3) is 6.81. The van der Waals surface area contributed by atoms with Crippen molar-refractivity contribution in [2.45, 2.75) is 31.3 Å². The van der Waals surface area contributed by atoms with Crippen molar-refractivity contribution in [3.05, 3.63) is 35.4 Å². The summed E-state index contributed by atoms with van der Waals surface area (Å²) in [5.41, 5.74) is -0.906. The van der Waals surface area contributed by atoms with E-state index in [-0.39, 0.29) is 25.2 Å². The summed E-state index contributed by atoms with van der Waals surface area (Å²) < 4.78 is 77.8. The van der Waals surface area contributed by atoms with Crippen molar-refractivity contribution in [1.82, 2.24) is 0 Å². The molecule has 120 valence electrons. The average Bonchev–Trinajstić information content (AvgIpc) is 2.36. The first kappa shape index (κ1) is 17.8. The Bertz CT molecular complexity index is 441. The summed E-state index contributed by atoms with van der Waals surface area (Å²) in [5.74, 6) is 0. The lowest BCUT2D eigenvalue weighted by molar-refractivity contribution is -0.138. The molecule has 0 fully saturated rings. The molecule has 0 aromatic heterocycles. The van der Waals surface area contributed by atoms with E-state index in [4.69, 9.17) is 4.74 Å². The highest BCUT2D eigenvalue weighted by Crippen LogP contribution is 2.30. The van der Waals surface area contributed by atoms with Gasteiger partial charge in [0, 0.05) is 13.0 Å². The van der Waals surface area contributed by atoms with E-state index >= 15 is 0 Å². The Morgan fingerprint density at radius 3 is 2.33 bits per heavy atom. The molecule has 0 aliphatic rings. The molecule has 1 aromatic rings. The Morgan fingerprint density at radius 2 is 1.76 bits per heavy atom. The van der Waals surface area contributed by atoms with E-state index in [2.05, 4.69) is 0 Å². The van der Waals surface area contributed by atoms with Gasteiger partial charge in [0.05, 0.1) is 12.2 Å². The molecule has 2 nitrogen and oxygen atoms in total. The maximum atomic E-state index is 12.5. The highest BCUT2D eigenvalue weighted by atomic mass is 19.4. The number of aliphatic hydroxyl groups excluding tert-OH is 1. The minimum atomic E-state index is -4.52. The molecular formula is C13H14F6O2. The number of halogens is 6. The molecule has 0 saturated carbocycles. The third-order valence-corrected chi connectivity index (χ3v) is 2.62. The lowest BCUT2D eigenvalue weighted by Gasteiger charge is -2.14. The molecule has 1 rings (SSSR count). The summed E-state index contributed by atoms with van der Waals surface area (Å²) >= 11 is 0. The predicted molar refractivity (Wildman–Crippen MR) is 62.5 cm³/mol. The van der Waals surface area contributed by atoms with Crippen LogP contribution in [0.1, 0.15) is 30.1 Å². The topological polar surface area (TPSA) is 29.5 Å². The lowest BCUT2D eigenvalue weighted by Crippen LogP contribution is -2.12. The molecule has 1 unspecified atom stereocenters. The first-order valence-corrected chi connectivity index (χ1v) is 6.09. The zero-order chi connectivity index (χ0) is 16.1. The zero-order valence-corrected chi connectivity index (χ0v) is 10.8. The first-order chi connectivity index (χ1) is 9.59. The van der Waals surface area contributed by atoms with Crippen LogP contribution < -0.4 is 0 Å². The molecule has 0 aliphatic heterocycles. The van der Waals surface area contributed by atoms with Gasteiger partial charge in [-0.05, 0) is 24.1 Å². The Balaban J connectivity index is 2.44. The fourth-order valence-corrected chi connectivity index (χ4v) is 1.59. The molecule has 1 atom stereocenters. The van der Waals surface area contributed by atoms with Gasteiger partial charge in [-0.15, -0.1) is 0 Å². The van der Waals surface area contributed by atoms with Gasteiger partial charge in [0.1, 0.15) is 6.10 Å². The van der Waals surface area contributed by atoms with Gasteiger partial charge in [-0.25, -0.2) is 0 Å². The lowest BCUT2D eigenvalue weighted by atomic mass is 10.1. The predicted octanol–water partition coefficient (Wildman–Crippen LogP) is 4.10. The van der Waals surface area contributed by atoms with Crippen LogP contribution in [0.3, 0.4) is 0 Å². The summed E-state index contributed by atoms with van der Waals surface area (Å²) in [7, 11) is 0. The smallest absolute Gasteiger partial charge is 0.386 e. The summed E-state index contributed by atoms with van der Waals surface area (Å²) in [6.45, 7) is -0.589. The Hall–Kier alpha value is -1.28. The number of alkyl halides is 6. The number of ether oxygens (including phenoxy) is 1. The number of hydrogen-bond acceptors (Lipinski definition) is 2. The standard InChI is InChI=1S/C13H14F6O2/c14-12(15,16)5-2-6-21-8-11(20)9-3-1-4-10(7-9)13(17,18)19/h1,3-4,7,11,20H,2,5-6,8H2. The van der Waals surface area contributed by atoms with Crippen LogP contribution >= 0.6 is 0 Å². The molecule has 1 aromatic carbocycles. The van der Waals surface area contributed by atoms with Crippen molar-refractivity contribution >= 4 is 0 Å². The summed E-state index contributed by atoms with van der Waals surface area (Å²) in [6.07, 6.45) is -11.4. The van der Waals surface area contributed by atoms with Crippen molar-refractivity contribution in [1.29, 1.82) is 0 Å². The molecule has 0 spiro atoms. The molecule has 0 saturated heterocycles. The van der Waals surface area contributed by atoms with E-state index in [9.17, 15) is 31.4 Å². The van der Waals surface area contributed by atoms with Gasteiger partial charge in [-0.1, -0.05) is 12.1 Å². The first-order valence-electron chi connectivity index (χ1n) is 6.09. The van der Waals surface area contributed by atoms with Gasteiger partial charge in [-0.3, -0.25) is 0 Å². The quantitative estimate of drug-likeness (QED) is 0.632.